The highest BCUT2D eigenvalue weighted by Gasteiger charge is 2.24. The van der Waals surface area contributed by atoms with Gasteiger partial charge in [-0.2, -0.15) is 0 Å². The van der Waals surface area contributed by atoms with E-state index in [0.717, 1.165) is 46.2 Å². The molecule has 0 aliphatic carbocycles. The molecule has 4 rings (SSSR count). The van der Waals surface area contributed by atoms with E-state index in [4.69, 9.17) is 16.3 Å². The molecule has 9 heteroatoms. The maximum absolute atomic E-state index is 13.4. The van der Waals surface area contributed by atoms with E-state index in [1.165, 1.54) is 11.3 Å². The van der Waals surface area contributed by atoms with Crippen LogP contribution in [0.15, 0.2) is 46.8 Å². The molecule has 182 valence electrons. The van der Waals surface area contributed by atoms with Crippen LogP contribution in [0.3, 0.4) is 0 Å². The third-order valence-electron chi connectivity index (χ3n) is 6.12. The standard InChI is InChI=1S/C25H30ClN3O3S2/c1-5-29(6-2)15-22(32-7-3)20-14-27-24-18(20)9-8-10-21(24)28-34(30,31)25-16(4)19-13-17(26)11-12-23(19)33-25/h8-14,22,27-28H,5-7,15H2,1-4H3. The van der Waals surface area contributed by atoms with Crippen LogP contribution in [-0.4, -0.2) is 44.5 Å². The second kappa shape index (κ2) is 10.3. The predicted molar refractivity (Wildman–Crippen MR) is 143 cm³/mol. The van der Waals surface area contributed by atoms with Crippen LogP contribution < -0.4 is 4.72 Å². The van der Waals surface area contributed by atoms with Crippen molar-refractivity contribution in [2.45, 2.75) is 38.0 Å². The summed E-state index contributed by atoms with van der Waals surface area (Å²) >= 11 is 7.38. The highest BCUT2D eigenvalue weighted by atomic mass is 35.5. The first-order chi connectivity index (χ1) is 16.3. The Morgan fingerprint density at radius 1 is 1.15 bits per heavy atom. The maximum atomic E-state index is 13.4. The lowest BCUT2D eigenvalue weighted by molar-refractivity contribution is 0.0357. The van der Waals surface area contributed by atoms with E-state index in [9.17, 15) is 8.42 Å². The second-order valence-corrected chi connectivity index (χ2v) is 11.5. The van der Waals surface area contributed by atoms with Gasteiger partial charge in [0, 0.05) is 40.0 Å². The molecule has 0 spiro atoms. The summed E-state index contributed by atoms with van der Waals surface area (Å²) in [6.45, 7) is 11.3. The molecule has 1 unspecified atom stereocenters. The normalized spacial score (nSPS) is 13.2. The van der Waals surface area contributed by atoms with Crippen molar-refractivity contribution < 1.29 is 13.2 Å². The summed E-state index contributed by atoms with van der Waals surface area (Å²) in [5.41, 5.74) is 2.98. The number of nitrogens with one attached hydrogen (secondary N) is 2. The number of nitrogens with zero attached hydrogens (tertiary/aromatic N) is 1. The Labute approximate surface area is 209 Å². The molecule has 2 aromatic carbocycles. The molecule has 34 heavy (non-hydrogen) atoms. The van der Waals surface area contributed by atoms with Gasteiger partial charge in [-0.25, -0.2) is 8.42 Å². The van der Waals surface area contributed by atoms with E-state index in [1.807, 2.05) is 44.3 Å². The molecule has 0 saturated heterocycles. The number of sulfonamides is 1. The largest absolute Gasteiger partial charge is 0.372 e. The Morgan fingerprint density at radius 3 is 2.62 bits per heavy atom. The molecular weight excluding hydrogens is 490 g/mol. The van der Waals surface area contributed by atoms with E-state index in [-0.39, 0.29) is 6.10 Å². The number of aromatic nitrogens is 1. The highest BCUT2D eigenvalue weighted by molar-refractivity contribution is 7.95. The lowest BCUT2D eigenvalue weighted by atomic mass is 10.1. The van der Waals surface area contributed by atoms with Gasteiger partial charge in [0.05, 0.1) is 17.3 Å². The quantitative estimate of drug-likeness (QED) is 0.248. The Kier molecular flexibility index (Phi) is 7.54. The minimum absolute atomic E-state index is 0.111. The Hall–Kier alpha value is -2.10. The number of hydrogen-bond donors (Lipinski definition) is 2. The molecule has 0 saturated carbocycles. The van der Waals surface area contributed by atoms with Crippen LogP contribution in [0, 0.1) is 6.92 Å². The molecule has 1 atom stereocenters. The van der Waals surface area contributed by atoms with Crippen LogP contribution in [0.2, 0.25) is 5.02 Å². The number of thiophene rings is 1. The van der Waals surface area contributed by atoms with Crippen molar-refractivity contribution >= 4 is 59.6 Å². The number of likely N-dealkylation sites (N-methyl/N-ethyl adjacent to an activating group) is 1. The molecular formula is C25H30ClN3O3S2. The molecule has 0 amide bonds. The van der Waals surface area contributed by atoms with Crippen molar-refractivity contribution in [1.82, 2.24) is 9.88 Å². The van der Waals surface area contributed by atoms with E-state index >= 15 is 0 Å². The van der Waals surface area contributed by atoms with Gasteiger partial charge in [0.15, 0.2) is 0 Å². The molecule has 2 heterocycles. The summed E-state index contributed by atoms with van der Waals surface area (Å²) in [4.78, 5) is 5.61. The molecule has 0 aliphatic heterocycles. The van der Waals surface area contributed by atoms with Crippen molar-refractivity contribution in [1.29, 1.82) is 0 Å². The molecule has 4 aromatic rings. The highest BCUT2D eigenvalue weighted by Crippen LogP contribution is 2.38. The summed E-state index contributed by atoms with van der Waals surface area (Å²) in [7, 11) is -3.79. The number of aromatic amines is 1. The second-order valence-electron chi connectivity index (χ2n) is 8.16. The van der Waals surface area contributed by atoms with Gasteiger partial charge in [0.2, 0.25) is 0 Å². The Bertz CT molecular complexity index is 1410. The van der Waals surface area contributed by atoms with Gasteiger partial charge in [-0.3, -0.25) is 4.72 Å². The predicted octanol–water partition coefficient (Wildman–Crippen LogP) is 6.56. The van der Waals surface area contributed by atoms with Crippen molar-refractivity contribution in [2.75, 3.05) is 31.0 Å². The first-order valence-corrected chi connectivity index (χ1v) is 14.1. The van der Waals surface area contributed by atoms with Gasteiger partial charge >= 0.3 is 0 Å². The molecule has 0 fully saturated rings. The number of rotatable bonds is 10. The summed E-state index contributed by atoms with van der Waals surface area (Å²) in [6.07, 6.45) is 1.82. The van der Waals surface area contributed by atoms with Crippen LogP contribution in [0.5, 0.6) is 0 Å². The minimum Gasteiger partial charge on any atom is -0.372 e. The molecule has 0 radical (unpaired) electrons. The minimum atomic E-state index is -3.79. The smallest absolute Gasteiger partial charge is 0.271 e. The van der Waals surface area contributed by atoms with Crippen LogP contribution in [0.1, 0.15) is 38.0 Å². The monoisotopic (exact) mass is 519 g/mol. The van der Waals surface area contributed by atoms with Gasteiger partial charge < -0.3 is 14.6 Å². The van der Waals surface area contributed by atoms with Gasteiger partial charge in [-0.15, -0.1) is 11.3 Å². The first kappa shape index (κ1) is 25.0. The van der Waals surface area contributed by atoms with Gasteiger partial charge in [-0.1, -0.05) is 37.6 Å². The number of aryl methyl sites for hydroxylation is 1. The van der Waals surface area contributed by atoms with Gasteiger partial charge in [0.25, 0.3) is 10.0 Å². The lowest BCUT2D eigenvalue weighted by Gasteiger charge is -2.25. The van der Waals surface area contributed by atoms with Crippen LogP contribution in [0.4, 0.5) is 5.69 Å². The van der Waals surface area contributed by atoms with Crippen molar-refractivity contribution in [3.8, 4) is 0 Å². The van der Waals surface area contributed by atoms with Crippen LogP contribution >= 0.6 is 22.9 Å². The van der Waals surface area contributed by atoms with Gasteiger partial charge in [0.1, 0.15) is 4.21 Å². The lowest BCUT2D eigenvalue weighted by Crippen LogP contribution is -2.29. The van der Waals surface area contributed by atoms with Crippen molar-refractivity contribution in [3.63, 3.8) is 0 Å². The van der Waals surface area contributed by atoms with E-state index in [1.54, 1.807) is 12.1 Å². The molecule has 0 bridgehead atoms. The topological polar surface area (TPSA) is 74.4 Å². The number of para-hydroxylation sites is 1. The fraction of sp³-hybridized carbons (Fsp3) is 0.360. The first-order valence-electron chi connectivity index (χ1n) is 11.4. The summed E-state index contributed by atoms with van der Waals surface area (Å²) in [5.74, 6) is 0. The van der Waals surface area contributed by atoms with Gasteiger partial charge in [-0.05, 0) is 62.2 Å². The SMILES string of the molecule is CCOC(CN(CC)CC)c1c[nH]c2c(NS(=O)(=O)c3sc4ccc(Cl)cc4c3C)cccc12. The summed E-state index contributed by atoms with van der Waals surface area (Å²) in [5, 5.41) is 2.39. The van der Waals surface area contributed by atoms with E-state index in [0.29, 0.717) is 27.1 Å². The summed E-state index contributed by atoms with van der Waals surface area (Å²) in [6, 6.07) is 11.1. The average Bonchev–Trinajstić information content (AvgIpc) is 3.39. The third-order valence-corrected chi connectivity index (χ3v) is 9.62. The van der Waals surface area contributed by atoms with Crippen LogP contribution in [0.25, 0.3) is 21.0 Å². The molecule has 6 nitrogen and oxygen atoms in total. The molecule has 0 aliphatic rings. The number of H-pyrrole nitrogens is 1. The fourth-order valence-electron chi connectivity index (χ4n) is 4.30. The number of ether oxygens (including phenoxy) is 1. The molecule has 2 aromatic heterocycles. The fourth-order valence-corrected chi connectivity index (χ4v) is 7.30. The number of hydrogen-bond acceptors (Lipinski definition) is 5. The molecule has 2 N–H and O–H groups in total. The number of anilines is 1. The Balaban J connectivity index is 1.71. The van der Waals surface area contributed by atoms with Crippen molar-refractivity contribution in [2.24, 2.45) is 0 Å². The van der Waals surface area contributed by atoms with Crippen molar-refractivity contribution in [3.05, 3.63) is 58.7 Å². The Morgan fingerprint density at radius 2 is 1.91 bits per heavy atom. The van der Waals surface area contributed by atoms with Crippen LogP contribution in [-0.2, 0) is 14.8 Å². The zero-order chi connectivity index (χ0) is 24.5. The zero-order valence-corrected chi connectivity index (χ0v) is 22.2. The summed E-state index contributed by atoms with van der Waals surface area (Å²) < 4.78 is 36.9. The van der Waals surface area contributed by atoms with E-state index in [2.05, 4.69) is 28.5 Å². The third kappa shape index (κ3) is 4.83. The zero-order valence-electron chi connectivity index (χ0n) is 19.8. The number of fused-ring (bicyclic) bond motifs is 2. The number of benzene rings is 2. The average molecular weight is 520 g/mol. The number of halogens is 1. The van der Waals surface area contributed by atoms with E-state index < -0.39 is 10.0 Å². The maximum Gasteiger partial charge on any atom is 0.271 e.